The molecule has 0 spiro atoms. The first-order valence-corrected chi connectivity index (χ1v) is 8.52. The van der Waals surface area contributed by atoms with Crippen molar-refractivity contribution in [1.82, 2.24) is 0 Å². The third-order valence-electron chi connectivity index (χ3n) is 6.90. The Morgan fingerprint density at radius 1 is 1.15 bits per heavy atom. The Hall–Kier alpha value is -0.340. The van der Waals surface area contributed by atoms with E-state index in [9.17, 15) is 10.2 Å². The zero-order valence-corrected chi connectivity index (χ0v) is 12.9. The molecule has 4 atom stereocenters. The molecule has 2 N–H and O–H groups in total. The average Bonchev–Trinajstić information content (AvgIpc) is 2.83. The highest BCUT2D eigenvalue weighted by Gasteiger charge is 2.49. The van der Waals surface area contributed by atoms with Gasteiger partial charge in [-0.3, -0.25) is 0 Å². The van der Waals surface area contributed by atoms with Crippen LogP contribution in [0.5, 0.6) is 0 Å². The SMILES string of the molecule is C=C1CCC2C1CCC(C1(C)CCC(O)CC1)[C@H]2CO. The van der Waals surface area contributed by atoms with Gasteiger partial charge in [0, 0.05) is 6.61 Å². The van der Waals surface area contributed by atoms with Crippen molar-refractivity contribution in [2.75, 3.05) is 6.61 Å². The average molecular weight is 278 g/mol. The van der Waals surface area contributed by atoms with E-state index in [0.29, 0.717) is 35.7 Å². The summed E-state index contributed by atoms with van der Waals surface area (Å²) in [4.78, 5) is 0. The molecule has 2 heteroatoms. The summed E-state index contributed by atoms with van der Waals surface area (Å²) in [5.74, 6) is 2.47. The molecular weight excluding hydrogens is 248 g/mol. The van der Waals surface area contributed by atoms with E-state index in [-0.39, 0.29) is 6.10 Å². The van der Waals surface area contributed by atoms with Crippen LogP contribution in [0.25, 0.3) is 0 Å². The van der Waals surface area contributed by atoms with E-state index >= 15 is 0 Å². The van der Waals surface area contributed by atoms with Crippen LogP contribution in [0.4, 0.5) is 0 Å². The molecule has 3 fully saturated rings. The Morgan fingerprint density at radius 3 is 2.50 bits per heavy atom. The fourth-order valence-electron chi connectivity index (χ4n) is 5.60. The Morgan fingerprint density at radius 2 is 1.85 bits per heavy atom. The molecule has 3 aliphatic carbocycles. The quantitative estimate of drug-likeness (QED) is 0.759. The maximum Gasteiger partial charge on any atom is 0.0540 e. The molecule has 0 aromatic carbocycles. The summed E-state index contributed by atoms with van der Waals surface area (Å²) in [6.07, 6.45) is 9.02. The van der Waals surface area contributed by atoms with Gasteiger partial charge in [-0.15, -0.1) is 0 Å². The molecule has 0 aromatic heterocycles. The minimum Gasteiger partial charge on any atom is -0.396 e. The topological polar surface area (TPSA) is 40.5 Å². The lowest BCUT2D eigenvalue weighted by Crippen LogP contribution is -2.45. The van der Waals surface area contributed by atoms with Gasteiger partial charge in [0.05, 0.1) is 6.10 Å². The Kier molecular flexibility index (Phi) is 3.98. The minimum absolute atomic E-state index is 0.0850. The zero-order valence-electron chi connectivity index (χ0n) is 12.9. The largest absolute Gasteiger partial charge is 0.396 e. The summed E-state index contributed by atoms with van der Waals surface area (Å²) in [6.45, 7) is 7.01. The van der Waals surface area contributed by atoms with Gasteiger partial charge >= 0.3 is 0 Å². The molecule has 0 heterocycles. The fourth-order valence-corrected chi connectivity index (χ4v) is 5.60. The maximum absolute atomic E-state index is 10.0. The van der Waals surface area contributed by atoms with Crippen LogP contribution in [0.3, 0.4) is 0 Å². The number of rotatable bonds is 2. The molecule has 114 valence electrons. The van der Waals surface area contributed by atoms with Gasteiger partial charge in [-0.2, -0.15) is 0 Å². The van der Waals surface area contributed by atoms with Crippen molar-refractivity contribution in [3.8, 4) is 0 Å². The number of hydrogen-bond donors (Lipinski definition) is 2. The van der Waals surface area contributed by atoms with Crippen LogP contribution >= 0.6 is 0 Å². The fraction of sp³-hybridized carbons (Fsp3) is 0.889. The van der Waals surface area contributed by atoms with Gasteiger partial charge in [-0.1, -0.05) is 19.1 Å². The minimum atomic E-state index is -0.0850. The number of hydrogen-bond acceptors (Lipinski definition) is 2. The lowest BCUT2D eigenvalue weighted by molar-refractivity contribution is -0.0441. The van der Waals surface area contributed by atoms with Crippen LogP contribution in [-0.2, 0) is 0 Å². The molecule has 0 bridgehead atoms. The predicted octanol–water partition coefficient (Wildman–Crippen LogP) is 3.53. The maximum atomic E-state index is 10.0. The zero-order chi connectivity index (χ0) is 14.3. The summed E-state index contributed by atoms with van der Waals surface area (Å²) in [5, 5.41) is 19.8. The second kappa shape index (κ2) is 5.46. The molecule has 3 rings (SSSR count). The number of allylic oxidation sites excluding steroid dienone is 1. The van der Waals surface area contributed by atoms with Gasteiger partial charge in [0.2, 0.25) is 0 Å². The van der Waals surface area contributed by atoms with Crippen molar-refractivity contribution in [1.29, 1.82) is 0 Å². The lowest BCUT2D eigenvalue weighted by Gasteiger charge is -2.50. The molecule has 0 saturated heterocycles. The van der Waals surface area contributed by atoms with Crippen LogP contribution in [0.15, 0.2) is 12.2 Å². The van der Waals surface area contributed by atoms with Crippen molar-refractivity contribution in [3.05, 3.63) is 12.2 Å². The molecular formula is C18H30O2. The number of aliphatic hydroxyl groups excluding tert-OH is 2. The van der Waals surface area contributed by atoms with E-state index in [1.54, 1.807) is 0 Å². The second-order valence-electron chi connectivity index (χ2n) is 7.88. The monoisotopic (exact) mass is 278 g/mol. The predicted molar refractivity (Wildman–Crippen MR) is 81.2 cm³/mol. The van der Waals surface area contributed by atoms with Crippen LogP contribution in [0, 0.1) is 29.1 Å². The first-order valence-electron chi connectivity index (χ1n) is 8.52. The van der Waals surface area contributed by atoms with Gasteiger partial charge in [0.25, 0.3) is 0 Å². The van der Waals surface area contributed by atoms with E-state index in [4.69, 9.17) is 0 Å². The highest BCUT2D eigenvalue weighted by atomic mass is 16.3. The second-order valence-corrected chi connectivity index (χ2v) is 7.88. The summed E-state index contributed by atoms with van der Waals surface area (Å²) >= 11 is 0. The van der Waals surface area contributed by atoms with Gasteiger partial charge in [0.15, 0.2) is 0 Å². The Bertz CT molecular complexity index is 368. The molecule has 0 radical (unpaired) electrons. The van der Waals surface area contributed by atoms with Crippen LogP contribution < -0.4 is 0 Å². The van der Waals surface area contributed by atoms with Crippen LogP contribution in [0.1, 0.15) is 58.3 Å². The smallest absolute Gasteiger partial charge is 0.0540 e. The highest BCUT2D eigenvalue weighted by molar-refractivity contribution is 5.13. The number of aliphatic hydroxyl groups is 2. The van der Waals surface area contributed by atoms with Gasteiger partial charge < -0.3 is 10.2 Å². The van der Waals surface area contributed by atoms with E-state index in [1.807, 2.05) is 0 Å². The van der Waals surface area contributed by atoms with Gasteiger partial charge in [0.1, 0.15) is 0 Å². The van der Waals surface area contributed by atoms with Crippen LogP contribution in [-0.4, -0.2) is 22.9 Å². The summed E-state index contributed by atoms with van der Waals surface area (Å²) < 4.78 is 0. The van der Waals surface area contributed by atoms with Crippen molar-refractivity contribution in [2.45, 2.75) is 64.4 Å². The molecule has 3 unspecified atom stereocenters. The van der Waals surface area contributed by atoms with Gasteiger partial charge in [-0.25, -0.2) is 0 Å². The van der Waals surface area contributed by atoms with Crippen molar-refractivity contribution >= 4 is 0 Å². The third-order valence-corrected chi connectivity index (χ3v) is 6.90. The van der Waals surface area contributed by atoms with Gasteiger partial charge in [-0.05, 0) is 80.5 Å². The first-order chi connectivity index (χ1) is 9.55. The van der Waals surface area contributed by atoms with E-state index < -0.39 is 0 Å². The summed E-state index contributed by atoms with van der Waals surface area (Å²) in [7, 11) is 0. The molecule has 0 aromatic rings. The van der Waals surface area contributed by atoms with E-state index in [1.165, 1.54) is 31.3 Å². The van der Waals surface area contributed by atoms with Crippen molar-refractivity contribution in [2.24, 2.45) is 29.1 Å². The first kappa shape index (κ1) is 14.6. The molecule has 2 nitrogen and oxygen atoms in total. The Balaban J connectivity index is 1.78. The number of fused-ring (bicyclic) bond motifs is 1. The van der Waals surface area contributed by atoms with Crippen molar-refractivity contribution < 1.29 is 10.2 Å². The summed E-state index contributed by atoms with van der Waals surface area (Å²) in [6, 6.07) is 0. The molecule has 3 saturated carbocycles. The Labute approximate surface area is 123 Å². The standard InChI is InChI=1S/C18H30O2/c1-12-3-4-15-14(12)5-6-17(16(15)11-19)18(2)9-7-13(20)8-10-18/h13-17,19-20H,1,3-11H2,2H3/t13?,14?,15?,16-,17?,18?/m0/s1. The molecule has 20 heavy (non-hydrogen) atoms. The van der Waals surface area contributed by atoms with Crippen LogP contribution in [0.2, 0.25) is 0 Å². The van der Waals surface area contributed by atoms with E-state index in [0.717, 1.165) is 25.7 Å². The van der Waals surface area contributed by atoms with Crippen molar-refractivity contribution in [3.63, 3.8) is 0 Å². The molecule has 3 aliphatic rings. The summed E-state index contributed by atoms with van der Waals surface area (Å²) in [5.41, 5.74) is 1.78. The third kappa shape index (κ3) is 2.35. The lowest BCUT2D eigenvalue weighted by atomic mass is 9.55. The highest BCUT2D eigenvalue weighted by Crippen LogP contribution is 2.57. The molecule has 0 aliphatic heterocycles. The van der Waals surface area contributed by atoms with E-state index in [2.05, 4.69) is 13.5 Å². The molecule has 0 amide bonds. The normalized spacial score (nSPS) is 49.1.